The molecule has 1 rings (SSSR count). The summed E-state index contributed by atoms with van der Waals surface area (Å²) in [5, 5.41) is 0. The Balaban J connectivity index is 2.78. The molecule has 1 aliphatic carbocycles. The summed E-state index contributed by atoms with van der Waals surface area (Å²) in [5.74, 6) is -1.58. The van der Waals surface area contributed by atoms with Crippen LogP contribution in [-0.4, -0.2) is 17.7 Å². The summed E-state index contributed by atoms with van der Waals surface area (Å²) in [6, 6.07) is 0. The third-order valence-electron chi connectivity index (χ3n) is 5.83. The van der Waals surface area contributed by atoms with Gasteiger partial charge in [-0.25, -0.2) is 9.59 Å². The van der Waals surface area contributed by atoms with Crippen molar-refractivity contribution in [3.8, 4) is 0 Å². The molecule has 0 aliphatic heterocycles. The van der Waals surface area contributed by atoms with Crippen molar-refractivity contribution in [3.63, 3.8) is 0 Å². The SMILES string of the molecule is CC(CC(=O)OOC1(OOC(=O)CC(C)CC(C)(C)C)CC(C)CC(C)(C)C1)CC(C)(C)C. The van der Waals surface area contributed by atoms with E-state index in [9.17, 15) is 9.59 Å². The van der Waals surface area contributed by atoms with Crippen molar-refractivity contribution in [2.45, 2.75) is 127 Å². The van der Waals surface area contributed by atoms with Crippen LogP contribution in [0, 0.1) is 34.0 Å². The lowest BCUT2D eigenvalue weighted by Gasteiger charge is -2.43. The summed E-state index contributed by atoms with van der Waals surface area (Å²) in [4.78, 5) is 46.7. The molecular formula is C27H50O6. The van der Waals surface area contributed by atoms with Crippen LogP contribution in [0.4, 0.5) is 0 Å². The zero-order valence-electron chi connectivity index (χ0n) is 23.1. The second-order valence-electron chi connectivity index (χ2n) is 14.0. The minimum absolute atomic E-state index is 0.116. The van der Waals surface area contributed by atoms with E-state index in [0.717, 1.165) is 19.3 Å². The number of carbonyl (C=O) groups is 2. The lowest BCUT2D eigenvalue weighted by Crippen LogP contribution is -2.47. The highest BCUT2D eigenvalue weighted by Crippen LogP contribution is 2.46. The van der Waals surface area contributed by atoms with E-state index < -0.39 is 17.7 Å². The van der Waals surface area contributed by atoms with Gasteiger partial charge in [0.2, 0.25) is 0 Å². The topological polar surface area (TPSA) is 71.1 Å². The van der Waals surface area contributed by atoms with E-state index in [1.165, 1.54) is 0 Å². The first kappa shape index (κ1) is 29.9. The Morgan fingerprint density at radius 2 is 1.21 bits per heavy atom. The predicted molar refractivity (Wildman–Crippen MR) is 130 cm³/mol. The van der Waals surface area contributed by atoms with Crippen LogP contribution in [0.25, 0.3) is 0 Å². The standard InChI is InChI=1S/C27H50O6/c1-19(14-24(4,5)6)12-22(28)30-32-27(17-21(3)16-26(10,11)18-27)33-31-23(29)13-20(2)15-25(7,8)9/h19-21H,12-18H2,1-11H3. The van der Waals surface area contributed by atoms with Crippen LogP contribution >= 0.6 is 0 Å². The molecule has 33 heavy (non-hydrogen) atoms. The first-order chi connectivity index (χ1) is 14.8. The second-order valence-corrected chi connectivity index (χ2v) is 14.0. The minimum Gasteiger partial charge on any atom is -0.295 e. The van der Waals surface area contributed by atoms with Crippen LogP contribution in [0.2, 0.25) is 0 Å². The van der Waals surface area contributed by atoms with Gasteiger partial charge in [-0.05, 0) is 53.3 Å². The van der Waals surface area contributed by atoms with Gasteiger partial charge in [-0.15, -0.1) is 9.78 Å². The third kappa shape index (κ3) is 12.8. The van der Waals surface area contributed by atoms with Crippen LogP contribution in [0.15, 0.2) is 0 Å². The molecule has 1 fully saturated rings. The summed E-state index contributed by atoms with van der Waals surface area (Å²) in [7, 11) is 0. The minimum atomic E-state index is -1.30. The van der Waals surface area contributed by atoms with Crippen LogP contribution in [-0.2, 0) is 29.1 Å². The van der Waals surface area contributed by atoms with Crippen LogP contribution in [0.3, 0.4) is 0 Å². The van der Waals surface area contributed by atoms with Crippen LogP contribution in [0.5, 0.6) is 0 Å². The summed E-state index contributed by atoms with van der Waals surface area (Å²) in [6.07, 6.45) is 4.24. The Morgan fingerprint density at radius 3 is 1.55 bits per heavy atom. The Bertz CT molecular complexity index is 600. The van der Waals surface area contributed by atoms with E-state index in [4.69, 9.17) is 19.6 Å². The molecule has 0 aromatic carbocycles. The Labute approximate surface area is 202 Å². The van der Waals surface area contributed by atoms with Crippen molar-refractivity contribution in [1.29, 1.82) is 0 Å². The van der Waals surface area contributed by atoms with Crippen LogP contribution < -0.4 is 0 Å². The van der Waals surface area contributed by atoms with Gasteiger partial charge < -0.3 is 0 Å². The average molecular weight is 471 g/mol. The molecule has 0 heterocycles. The number of carbonyl (C=O) groups excluding carboxylic acids is 2. The van der Waals surface area contributed by atoms with Crippen molar-refractivity contribution in [3.05, 3.63) is 0 Å². The molecule has 6 nitrogen and oxygen atoms in total. The molecule has 3 unspecified atom stereocenters. The van der Waals surface area contributed by atoms with E-state index >= 15 is 0 Å². The second kappa shape index (κ2) is 11.5. The molecule has 0 spiro atoms. The predicted octanol–water partition coefficient (Wildman–Crippen LogP) is 7.40. The molecule has 0 aromatic heterocycles. The van der Waals surface area contributed by atoms with Crippen molar-refractivity contribution in [2.75, 3.05) is 0 Å². The van der Waals surface area contributed by atoms with E-state index in [-0.39, 0.29) is 46.8 Å². The largest absolute Gasteiger partial charge is 0.342 e. The fraction of sp³-hybridized carbons (Fsp3) is 0.926. The Kier molecular flexibility index (Phi) is 10.4. The van der Waals surface area contributed by atoms with Gasteiger partial charge in [0.25, 0.3) is 5.79 Å². The summed E-state index contributed by atoms with van der Waals surface area (Å²) < 4.78 is 0. The van der Waals surface area contributed by atoms with E-state index in [1.807, 2.05) is 13.8 Å². The first-order valence-corrected chi connectivity index (χ1v) is 12.6. The van der Waals surface area contributed by atoms with Gasteiger partial charge in [0, 0.05) is 12.8 Å². The van der Waals surface area contributed by atoms with Gasteiger partial charge in [0.15, 0.2) is 0 Å². The smallest absolute Gasteiger partial charge is 0.295 e. The van der Waals surface area contributed by atoms with Crippen molar-refractivity contribution in [1.82, 2.24) is 0 Å². The highest BCUT2D eigenvalue weighted by atomic mass is 17.3. The molecule has 1 aliphatic rings. The molecule has 0 amide bonds. The third-order valence-corrected chi connectivity index (χ3v) is 5.83. The Hall–Kier alpha value is -1.14. The molecule has 6 heteroatoms. The zero-order valence-corrected chi connectivity index (χ0v) is 23.1. The molecule has 0 bridgehead atoms. The highest BCUT2D eigenvalue weighted by molar-refractivity contribution is 5.69. The molecular weight excluding hydrogens is 420 g/mol. The molecule has 3 atom stereocenters. The van der Waals surface area contributed by atoms with Gasteiger partial charge in [0.05, 0.1) is 12.8 Å². The van der Waals surface area contributed by atoms with Gasteiger partial charge >= 0.3 is 11.9 Å². The zero-order chi connectivity index (χ0) is 25.7. The first-order valence-electron chi connectivity index (χ1n) is 12.6. The maximum atomic E-state index is 12.5. The Morgan fingerprint density at radius 1 is 0.818 bits per heavy atom. The number of hydrogen-bond donors (Lipinski definition) is 0. The summed E-state index contributed by atoms with van der Waals surface area (Å²) in [6.45, 7) is 23.3. The molecule has 0 saturated heterocycles. The van der Waals surface area contributed by atoms with E-state index in [2.05, 4.69) is 62.3 Å². The molecule has 0 radical (unpaired) electrons. The molecule has 0 N–H and O–H groups in total. The maximum Gasteiger partial charge on any atom is 0.342 e. The van der Waals surface area contributed by atoms with Crippen molar-refractivity contribution >= 4 is 11.9 Å². The van der Waals surface area contributed by atoms with E-state index in [1.54, 1.807) is 0 Å². The fourth-order valence-electron chi connectivity index (χ4n) is 5.68. The maximum absolute atomic E-state index is 12.5. The van der Waals surface area contributed by atoms with E-state index in [0.29, 0.717) is 12.8 Å². The number of rotatable bonds is 10. The van der Waals surface area contributed by atoms with Crippen molar-refractivity contribution < 1.29 is 29.1 Å². The van der Waals surface area contributed by atoms with Gasteiger partial charge in [-0.3, -0.25) is 9.78 Å². The molecule has 194 valence electrons. The lowest BCUT2D eigenvalue weighted by atomic mass is 9.70. The summed E-state index contributed by atoms with van der Waals surface area (Å²) in [5.41, 5.74) is 0.146. The molecule has 1 saturated carbocycles. The van der Waals surface area contributed by atoms with Crippen molar-refractivity contribution in [2.24, 2.45) is 34.0 Å². The molecule has 0 aromatic rings. The normalized spacial score (nSPS) is 25.2. The van der Waals surface area contributed by atoms with Gasteiger partial charge in [-0.2, -0.15) is 0 Å². The average Bonchev–Trinajstić information content (AvgIpc) is 2.53. The fourth-order valence-corrected chi connectivity index (χ4v) is 5.68. The monoisotopic (exact) mass is 470 g/mol. The van der Waals surface area contributed by atoms with Gasteiger partial charge in [-0.1, -0.05) is 76.2 Å². The highest BCUT2D eigenvalue weighted by Gasteiger charge is 2.49. The lowest BCUT2D eigenvalue weighted by molar-refractivity contribution is -0.495. The summed E-state index contributed by atoms with van der Waals surface area (Å²) >= 11 is 0. The quantitative estimate of drug-likeness (QED) is 0.188. The van der Waals surface area contributed by atoms with Crippen LogP contribution in [0.1, 0.15) is 121 Å². The number of hydrogen-bond acceptors (Lipinski definition) is 6. The van der Waals surface area contributed by atoms with Gasteiger partial charge in [0.1, 0.15) is 0 Å².